The van der Waals surface area contributed by atoms with Crippen LogP contribution in [0.25, 0.3) is 0 Å². The van der Waals surface area contributed by atoms with Gasteiger partial charge in [0.2, 0.25) is 0 Å². The first-order valence-electron chi connectivity index (χ1n) is 8.56. The topological polar surface area (TPSA) is 83.3 Å². The summed E-state index contributed by atoms with van der Waals surface area (Å²) in [5.41, 5.74) is 0. The molecule has 7 nitrogen and oxygen atoms in total. The number of hydrogen-bond acceptors (Lipinski definition) is 7. The van der Waals surface area contributed by atoms with Crippen molar-refractivity contribution in [2.24, 2.45) is 7.05 Å². The number of rotatable bonds is 8. The van der Waals surface area contributed by atoms with Gasteiger partial charge in [-0.15, -0.1) is 10.2 Å². The normalized spacial score (nSPS) is 18.8. The maximum absolute atomic E-state index is 11.6. The van der Waals surface area contributed by atoms with E-state index in [4.69, 9.17) is 9.47 Å². The molecule has 0 radical (unpaired) electrons. The fraction of sp³-hybridized carbons (Fsp3) is 0.529. The van der Waals surface area contributed by atoms with Gasteiger partial charge in [0, 0.05) is 18.7 Å². The summed E-state index contributed by atoms with van der Waals surface area (Å²) in [6, 6.07) is 7.54. The minimum Gasteiger partial charge on any atom is -0.494 e. The second-order valence-electron chi connectivity index (χ2n) is 6.10. The van der Waals surface area contributed by atoms with Gasteiger partial charge in [0.05, 0.1) is 24.7 Å². The molecule has 9 heteroatoms. The van der Waals surface area contributed by atoms with Crippen LogP contribution in [-0.2, 0) is 16.9 Å². The van der Waals surface area contributed by atoms with E-state index in [9.17, 15) is 8.42 Å². The Morgan fingerprint density at radius 1 is 1.19 bits per heavy atom. The Balaban J connectivity index is 1.48. The van der Waals surface area contributed by atoms with Gasteiger partial charge < -0.3 is 14.0 Å². The van der Waals surface area contributed by atoms with E-state index < -0.39 is 9.84 Å². The maximum atomic E-state index is 11.6. The van der Waals surface area contributed by atoms with Crippen molar-refractivity contribution in [1.29, 1.82) is 0 Å². The van der Waals surface area contributed by atoms with Crippen LogP contribution in [0.2, 0.25) is 0 Å². The number of ether oxygens (including phenoxy) is 2. The zero-order chi connectivity index (χ0) is 18.6. The molecule has 1 aliphatic heterocycles. The molecule has 0 amide bonds. The van der Waals surface area contributed by atoms with Crippen LogP contribution < -0.4 is 9.47 Å². The summed E-state index contributed by atoms with van der Waals surface area (Å²) >= 11 is 1.55. The van der Waals surface area contributed by atoms with Crippen molar-refractivity contribution in [2.45, 2.75) is 24.4 Å². The largest absolute Gasteiger partial charge is 0.494 e. The lowest BCUT2D eigenvalue weighted by molar-refractivity contribution is 0.332. The quantitative estimate of drug-likeness (QED) is 0.499. The molecule has 0 aliphatic carbocycles. The Morgan fingerprint density at radius 3 is 2.50 bits per heavy atom. The Labute approximate surface area is 158 Å². The predicted molar refractivity (Wildman–Crippen MR) is 101 cm³/mol. The van der Waals surface area contributed by atoms with E-state index in [2.05, 4.69) is 10.2 Å². The van der Waals surface area contributed by atoms with Crippen molar-refractivity contribution < 1.29 is 17.9 Å². The molecule has 1 aromatic heterocycles. The predicted octanol–water partition coefficient (Wildman–Crippen LogP) is 2.29. The third kappa shape index (κ3) is 4.70. The van der Waals surface area contributed by atoms with E-state index in [1.807, 2.05) is 42.8 Å². The van der Waals surface area contributed by atoms with E-state index >= 15 is 0 Å². The summed E-state index contributed by atoms with van der Waals surface area (Å²) in [4.78, 5) is 0. The molecule has 1 atom stereocenters. The zero-order valence-corrected chi connectivity index (χ0v) is 16.6. The summed E-state index contributed by atoms with van der Waals surface area (Å²) < 4.78 is 36.3. The minimum atomic E-state index is -2.93. The molecule has 1 unspecified atom stereocenters. The van der Waals surface area contributed by atoms with Gasteiger partial charge in [-0.1, -0.05) is 11.8 Å². The van der Waals surface area contributed by atoms with Gasteiger partial charge in [0.1, 0.15) is 17.3 Å². The van der Waals surface area contributed by atoms with Crippen LogP contribution in [-0.4, -0.2) is 53.7 Å². The van der Waals surface area contributed by atoms with Crippen molar-refractivity contribution in [3.8, 4) is 11.5 Å². The van der Waals surface area contributed by atoms with Gasteiger partial charge in [-0.2, -0.15) is 0 Å². The van der Waals surface area contributed by atoms with E-state index in [0.717, 1.165) is 28.2 Å². The lowest BCUT2D eigenvalue weighted by Gasteiger charge is -2.09. The molecule has 0 saturated carbocycles. The first-order valence-corrected chi connectivity index (χ1v) is 11.4. The standard InChI is InChI=1S/C17H23N3O4S2/c1-3-23-14-4-6-15(7-5-14)24-9-10-25-17-19-18-16(20(17)2)13-8-11-26(21,22)12-13/h4-7,13H,3,8-12H2,1-2H3. The summed E-state index contributed by atoms with van der Waals surface area (Å²) in [5.74, 6) is 3.46. The van der Waals surface area contributed by atoms with Crippen LogP contribution in [0, 0.1) is 0 Å². The lowest BCUT2D eigenvalue weighted by atomic mass is 10.1. The van der Waals surface area contributed by atoms with E-state index in [-0.39, 0.29) is 17.4 Å². The van der Waals surface area contributed by atoms with Crippen LogP contribution in [0.1, 0.15) is 25.1 Å². The maximum Gasteiger partial charge on any atom is 0.191 e. The van der Waals surface area contributed by atoms with E-state index in [1.165, 1.54) is 0 Å². The van der Waals surface area contributed by atoms with Gasteiger partial charge >= 0.3 is 0 Å². The number of aromatic nitrogens is 3. The van der Waals surface area contributed by atoms with Crippen molar-refractivity contribution in [1.82, 2.24) is 14.8 Å². The summed E-state index contributed by atoms with van der Waals surface area (Å²) in [6.45, 7) is 3.13. The molecule has 0 bridgehead atoms. The van der Waals surface area contributed by atoms with Crippen molar-refractivity contribution in [3.63, 3.8) is 0 Å². The highest BCUT2D eigenvalue weighted by atomic mass is 32.2. The Bertz CT molecular complexity index is 834. The average Bonchev–Trinajstić information content (AvgIpc) is 3.15. The van der Waals surface area contributed by atoms with Crippen molar-refractivity contribution in [2.75, 3.05) is 30.5 Å². The van der Waals surface area contributed by atoms with E-state index in [1.54, 1.807) is 11.8 Å². The number of hydrogen-bond donors (Lipinski definition) is 0. The Kier molecular flexibility index (Phi) is 6.08. The molecular weight excluding hydrogens is 374 g/mol. The number of benzene rings is 1. The van der Waals surface area contributed by atoms with E-state index in [0.29, 0.717) is 19.6 Å². The van der Waals surface area contributed by atoms with Gasteiger partial charge in [-0.3, -0.25) is 0 Å². The molecule has 3 rings (SSSR count). The first kappa shape index (κ1) is 19.0. The first-order chi connectivity index (χ1) is 12.5. The number of nitrogens with zero attached hydrogens (tertiary/aromatic N) is 3. The van der Waals surface area contributed by atoms with Crippen molar-refractivity contribution in [3.05, 3.63) is 30.1 Å². The molecule has 1 fully saturated rings. The van der Waals surface area contributed by atoms with Crippen LogP contribution in [0.5, 0.6) is 11.5 Å². The summed E-state index contributed by atoms with van der Waals surface area (Å²) in [5, 5.41) is 9.17. The molecule has 1 aromatic carbocycles. The molecule has 2 heterocycles. The summed E-state index contributed by atoms with van der Waals surface area (Å²) in [7, 11) is -1.04. The third-order valence-electron chi connectivity index (χ3n) is 4.18. The molecule has 142 valence electrons. The molecule has 2 aromatic rings. The second kappa shape index (κ2) is 8.30. The van der Waals surface area contributed by atoms with Crippen LogP contribution in [0.3, 0.4) is 0 Å². The minimum absolute atomic E-state index is 0.0491. The molecule has 0 N–H and O–H groups in total. The zero-order valence-electron chi connectivity index (χ0n) is 14.9. The van der Waals surface area contributed by atoms with Crippen LogP contribution in [0.15, 0.2) is 29.4 Å². The average molecular weight is 398 g/mol. The molecule has 0 spiro atoms. The Hall–Kier alpha value is -1.74. The molecule has 1 aliphatic rings. The Morgan fingerprint density at radius 2 is 1.88 bits per heavy atom. The van der Waals surface area contributed by atoms with Gasteiger partial charge in [-0.25, -0.2) is 8.42 Å². The fourth-order valence-electron chi connectivity index (χ4n) is 2.90. The SMILES string of the molecule is CCOc1ccc(OCCSc2nnc(C3CCS(=O)(=O)C3)n2C)cc1. The smallest absolute Gasteiger partial charge is 0.191 e. The monoisotopic (exact) mass is 397 g/mol. The molecular formula is C17H23N3O4S2. The highest BCUT2D eigenvalue weighted by Gasteiger charge is 2.32. The fourth-order valence-corrected chi connectivity index (χ4v) is 5.37. The highest BCUT2D eigenvalue weighted by molar-refractivity contribution is 7.99. The third-order valence-corrected chi connectivity index (χ3v) is 6.94. The summed E-state index contributed by atoms with van der Waals surface area (Å²) in [6.07, 6.45) is 0.625. The van der Waals surface area contributed by atoms with Crippen molar-refractivity contribution >= 4 is 21.6 Å². The van der Waals surface area contributed by atoms with Crippen LogP contribution >= 0.6 is 11.8 Å². The van der Waals surface area contributed by atoms with Crippen LogP contribution in [0.4, 0.5) is 0 Å². The van der Waals surface area contributed by atoms with Gasteiger partial charge in [-0.05, 0) is 37.6 Å². The highest BCUT2D eigenvalue weighted by Crippen LogP contribution is 2.29. The number of sulfone groups is 1. The number of thioether (sulfide) groups is 1. The van der Waals surface area contributed by atoms with Gasteiger partial charge in [0.15, 0.2) is 15.0 Å². The molecule has 26 heavy (non-hydrogen) atoms. The second-order valence-corrected chi connectivity index (χ2v) is 9.39. The van der Waals surface area contributed by atoms with Gasteiger partial charge in [0.25, 0.3) is 0 Å². The molecule has 1 saturated heterocycles. The lowest BCUT2D eigenvalue weighted by Crippen LogP contribution is -2.09.